The zero-order chi connectivity index (χ0) is 15.9. The third-order valence-corrected chi connectivity index (χ3v) is 5.68. The van der Waals surface area contributed by atoms with E-state index < -0.39 is 5.41 Å². The molecule has 1 spiro atoms. The maximum atomic E-state index is 13.0. The number of alkyl halides is 1. The van der Waals surface area contributed by atoms with Gasteiger partial charge in [0.1, 0.15) is 5.78 Å². The van der Waals surface area contributed by atoms with Crippen LogP contribution in [0.15, 0.2) is 54.6 Å². The molecule has 2 aromatic carbocycles. The second-order valence-electron chi connectivity index (χ2n) is 6.39. The van der Waals surface area contributed by atoms with Crippen LogP contribution < -0.4 is 0 Å². The third kappa shape index (κ3) is 2.08. The largest absolute Gasteiger partial charge is 0.298 e. The van der Waals surface area contributed by atoms with Crippen LogP contribution in [0.25, 0.3) is 11.1 Å². The van der Waals surface area contributed by atoms with Crippen molar-refractivity contribution in [1.29, 1.82) is 0 Å². The molecule has 2 aliphatic carbocycles. The molecule has 0 aromatic heterocycles. The van der Waals surface area contributed by atoms with E-state index in [0.29, 0.717) is 12.2 Å². The number of halogens is 1. The number of fused-ring (bicyclic) bond motifs is 2. The summed E-state index contributed by atoms with van der Waals surface area (Å²) < 4.78 is 0. The van der Waals surface area contributed by atoms with Crippen molar-refractivity contribution >= 4 is 32.9 Å². The molecule has 0 saturated heterocycles. The number of carbonyl (C=O) groups excluding carboxylic acids is 1. The Morgan fingerprint density at radius 3 is 2.43 bits per heavy atom. The molecule has 1 atom stereocenters. The summed E-state index contributed by atoms with van der Waals surface area (Å²) >= 11 is 3.60. The van der Waals surface area contributed by atoms with Crippen molar-refractivity contribution < 1.29 is 4.79 Å². The average Bonchev–Trinajstić information content (AvgIpc) is 3.10. The molecular weight excluding hydrogens is 348 g/mol. The Kier molecular flexibility index (Phi) is 3.73. The molecule has 0 unspecified atom stereocenters. The smallest absolute Gasteiger partial charge is 0.147 e. The van der Waals surface area contributed by atoms with Gasteiger partial charge in [0.05, 0.1) is 5.41 Å². The highest BCUT2D eigenvalue weighted by Gasteiger charge is 2.52. The summed E-state index contributed by atoms with van der Waals surface area (Å²) in [5.74, 6) is 0.397. The van der Waals surface area contributed by atoms with E-state index in [1.54, 1.807) is 0 Å². The normalized spacial score (nSPS) is 22.9. The van der Waals surface area contributed by atoms with Gasteiger partial charge in [0, 0.05) is 11.8 Å². The molecule has 2 heteroatoms. The van der Waals surface area contributed by atoms with Gasteiger partial charge in [-0.15, -0.1) is 0 Å². The molecule has 2 aliphatic rings. The summed E-state index contributed by atoms with van der Waals surface area (Å²) in [6, 6.07) is 19.0. The SMILES string of the molecule is O=C1CCC[C@@]12C(c1ccccc1)=C(CCBr)c1ccccc12. The minimum atomic E-state index is -0.407. The number of allylic oxidation sites excluding steroid dienone is 2. The van der Waals surface area contributed by atoms with Crippen molar-refractivity contribution in [2.45, 2.75) is 31.1 Å². The number of carbonyl (C=O) groups is 1. The molecule has 0 aliphatic heterocycles. The lowest BCUT2D eigenvalue weighted by atomic mass is 9.72. The minimum absolute atomic E-state index is 0.397. The van der Waals surface area contributed by atoms with E-state index in [1.807, 2.05) is 6.07 Å². The first kappa shape index (κ1) is 14.9. The summed E-state index contributed by atoms with van der Waals surface area (Å²) in [7, 11) is 0. The average molecular weight is 367 g/mol. The van der Waals surface area contributed by atoms with Crippen LogP contribution in [0.1, 0.15) is 42.4 Å². The molecule has 0 radical (unpaired) electrons. The van der Waals surface area contributed by atoms with Crippen molar-refractivity contribution in [2.75, 3.05) is 5.33 Å². The van der Waals surface area contributed by atoms with Crippen LogP contribution in [0.4, 0.5) is 0 Å². The first-order chi connectivity index (χ1) is 11.3. The van der Waals surface area contributed by atoms with Gasteiger partial charge < -0.3 is 0 Å². The second-order valence-corrected chi connectivity index (χ2v) is 7.18. The first-order valence-electron chi connectivity index (χ1n) is 8.27. The van der Waals surface area contributed by atoms with Crippen molar-refractivity contribution in [3.63, 3.8) is 0 Å². The summed E-state index contributed by atoms with van der Waals surface area (Å²) in [4.78, 5) is 13.0. The van der Waals surface area contributed by atoms with Gasteiger partial charge in [0.15, 0.2) is 0 Å². The van der Waals surface area contributed by atoms with E-state index in [0.717, 1.165) is 24.6 Å². The molecule has 1 saturated carbocycles. The Hall–Kier alpha value is -1.67. The zero-order valence-corrected chi connectivity index (χ0v) is 14.6. The Labute approximate surface area is 145 Å². The van der Waals surface area contributed by atoms with Gasteiger partial charge in [-0.05, 0) is 47.1 Å². The van der Waals surface area contributed by atoms with Crippen molar-refractivity contribution in [3.05, 3.63) is 71.3 Å². The maximum Gasteiger partial charge on any atom is 0.147 e. The number of Topliss-reactive ketones (excluding diaryl/α,β-unsaturated/α-hetero) is 1. The van der Waals surface area contributed by atoms with Crippen molar-refractivity contribution in [3.8, 4) is 0 Å². The predicted octanol–water partition coefficient (Wildman–Crippen LogP) is 5.39. The van der Waals surface area contributed by atoms with Gasteiger partial charge in [-0.2, -0.15) is 0 Å². The third-order valence-electron chi connectivity index (χ3n) is 5.28. The molecule has 0 heterocycles. The van der Waals surface area contributed by atoms with Crippen LogP contribution in [-0.4, -0.2) is 11.1 Å². The Morgan fingerprint density at radius 2 is 1.74 bits per heavy atom. The first-order valence-corrected chi connectivity index (χ1v) is 9.39. The fourth-order valence-corrected chi connectivity index (χ4v) is 4.84. The fourth-order valence-electron chi connectivity index (χ4n) is 4.44. The summed E-state index contributed by atoms with van der Waals surface area (Å²) in [6.45, 7) is 0. The van der Waals surface area contributed by atoms with Gasteiger partial charge in [0.2, 0.25) is 0 Å². The summed E-state index contributed by atoms with van der Waals surface area (Å²) in [5, 5.41) is 0.914. The van der Waals surface area contributed by atoms with Crippen LogP contribution in [0.2, 0.25) is 0 Å². The number of hydrogen-bond acceptors (Lipinski definition) is 1. The van der Waals surface area contributed by atoms with Gasteiger partial charge >= 0.3 is 0 Å². The van der Waals surface area contributed by atoms with Gasteiger partial charge in [-0.3, -0.25) is 4.79 Å². The highest BCUT2D eigenvalue weighted by atomic mass is 79.9. The summed E-state index contributed by atoms with van der Waals surface area (Å²) in [6.07, 6.45) is 3.59. The van der Waals surface area contributed by atoms with Crippen molar-refractivity contribution in [2.24, 2.45) is 0 Å². The van der Waals surface area contributed by atoms with E-state index in [1.165, 1.54) is 27.8 Å². The maximum absolute atomic E-state index is 13.0. The van der Waals surface area contributed by atoms with Crippen LogP contribution >= 0.6 is 15.9 Å². The topological polar surface area (TPSA) is 17.1 Å². The molecule has 1 nitrogen and oxygen atoms in total. The Bertz CT molecular complexity index is 790. The summed E-state index contributed by atoms with van der Waals surface area (Å²) in [5.41, 5.74) is 5.92. The van der Waals surface area contributed by atoms with E-state index in [4.69, 9.17) is 0 Å². The van der Waals surface area contributed by atoms with E-state index in [-0.39, 0.29) is 0 Å². The van der Waals surface area contributed by atoms with Gasteiger partial charge in [-0.1, -0.05) is 70.5 Å². The quantitative estimate of drug-likeness (QED) is 0.665. The van der Waals surface area contributed by atoms with E-state index in [2.05, 4.69) is 64.5 Å². The molecule has 23 heavy (non-hydrogen) atoms. The molecule has 0 amide bonds. The second kappa shape index (κ2) is 5.76. The standard InChI is InChI=1S/C21H19BrO/c22-14-12-17-16-9-4-5-10-18(16)21(13-6-11-19(21)23)20(17)15-7-2-1-3-8-15/h1-5,7-10H,6,11-14H2/t21-/m0/s1. The molecular formula is C21H19BrO. The highest BCUT2D eigenvalue weighted by Crippen LogP contribution is 2.57. The number of rotatable bonds is 3. The van der Waals surface area contributed by atoms with Crippen LogP contribution in [0.3, 0.4) is 0 Å². The minimum Gasteiger partial charge on any atom is -0.298 e. The lowest BCUT2D eigenvalue weighted by molar-refractivity contribution is -0.120. The number of hydrogen-bond donors (Lipinski definition) is 0. The van der Waals surface area contributed by atoms with E-state index in [9.17, 15) is 4.79 Å². The lowest BCUT2D eigenvalue weighted by Crippen LogP contribution is -2.30. The van der Waals surface area contributed by atoms with Crippen LogP contribution in [0.5, 0.6) is 0 Å². The van der Waals surface area contributed by atoms with Crippen LogP contribution in [-0.2, 0) is 10.2 Å². The monoisotopic (exact) mass is 366 g/mol. The number of ketones is 1. The fraction of sp³-hybridized carbons (Fsp3) is 0.286. The molecule has 1 fully saturated rings. The molecule has 4 rings (SSSR count). The predicted molar refractivity (Wildman–Crippen MR) is 98.6 cm³/mol. The van der Waals surface area contributed by atoms with Crippen LogP contribution in [0, 0.1) is 0 Å². The lowest BCUT2D eigenvalue weighted by Gasteiger charge is -2.28. The molecule has 116 valence electrons. The zero-order valence-electron chi connectivity index (χ0n) is 13.0. The van der Waals surface area contributed by atoms with Gasteiger partial charge in [0.25, 0.3) is 0 Å². The molecule has 0 bridgehead atoms. The molecule has 0 N–H and O–H groups in total. The Morgan fingerprint density at radius 1 is 1.00 bits per heavy atom. The van der Waals surface area contributed by atoms with E-state index >= 15 is 0 Å². The number of benzene rings is 2. The van der Waals surface area contributed by atoms with Gasteiger partial charge in [-0.25, -0.2) is 0 Å². The van der Waals surface area contributed by atoms with Crippen molar-refractivity contribution in [1.82, 2.24) is 0 Å². The highest BCUT2D eigenvalue weighted by molar-refractivity contribution is 9.09. The molecule has 2 aromatic rings. The Balaban J connectivity index is 2.05.